The first-order chi connectivity index (χ1) is 8.45. The normalized spacial score (nSPS) is 13.0. The number of hydrogen-bond acceptors (Lipinski definition) is 4. The second kappa shape index (κ2) is 6.16. The van der Waals surface area contributed by atoms with Crippen molar-refractivity contribution >= 4 is 23.2 Å². The van der Waals surface area contributed by atoms with E-state index in [-0.39, 0.29) is 5.57 Å². The van der Waals surface area contributed by atoms with Gasteiger partial charge in [0, 0.05) is 40.1 Å². The Balaban J connectivity index is 3.10. The monoisotopic (exact) mass is 265 g/mol. The van der Waals surface area contributed by atoms with Gasteiger partial charge in [-0.15, -0.1) is 4.91 Å². The summed E-state index contributed by atoms with van der Waals surface area (Å²) in [6.07, 6.45) is 3.14. The zero-order chi connectivity index (χ0) is 13.7. The molecule has 0 fully saturated rings. The number of allylic oxidation sites excluding steroid dienone is 1. The van der Waals surface area contributed by atoms with Crippen molar-refractivity contribution < 1.29 is 4.79 Å². The molecular weight excluding hydrogens is 254 g/mol. The Bertz CT molecular complexity index is 550. The third kappa shape index (κ3) is 3.56. The Morgan fingerprint density at radius 1 is 1.28 bits per heavy atom. The molecule has 6 heteroatoms. The average Bonchev–Trinajstić information content (AvgIpc) is 2.36. The van der Waals surface area contributed by atoms with E-state index in [0.717, 1.165) is 5.56 Å². The maximum Gasteiger partial charge on any atom is 0.314 e. The highest BCUT2D eigenvalue weighted by Crippen LogP contribution is 2.12. The summed E-state index contributed by atoms with van der Waals surface area (Å²) in [5.41, 5.74) is 2.07. The summed E-state index contributed by atoms with van der Waals surface area (Å²) in [6.45, 7) is 4.91. The fourth-order valence-corrected chi connectivity index (χ4v) is 1.41. The van der Waals surface area contributed by atoms with Crippen LogP contribution in [0.3, 0.4) is 0 Å². The maximum atomic E-state index is 11.1. The van der Waals surface area contributed by atoms with Crippen molar-refractivity contribution in [3.63, 3.8) is 0 Å². The van der Waals surface area contributed by atoms with E-state index in [0.29, 0.717) is 16.4 Å². The van der Waals surface area contributed by atoms with Gasteiger partial charge in [-0.25, -0.2) is 0 Å². The Hall–Kier alpha value is -1.88. The van der Waals surface area contributed by atoms with Gasteiger partial charge >= 0.3 is 5.91 Å². The van der Waals surface area contributed by atoms with Gasteiger partial charge in [-0.05, 0) is 26.8 Å². The molecule has 0 atom stereocenters. The van der Waals surface area contributed by atoms with Crippen LogP contribution in [-0.2, 0) is 4.79 Å². The third-order valence-electron chi connectivity index (χ3n) is 2.40. The molecule has 1 aromatic heterocycles. The molecule has 0 aliphatic rings. The standard InChI is InChI=1S/C12H12ClN3O2/c1-7(12(17)16-18)8(2)15-9(3)10-4-11(13)6-14-5-10/h4-6H,1-3H3/b8-7+,15-9+. The topological polar surface area (TPSA) is 71.8 Å². The fourth-order valence-electron chi connectivity index (χ4n) is 1.23. The van der Waals surface area contributed by atoms with Crippen molar-refractivity contribution in [1.29, 1.82) is 0 Å². The molecule has 1 rings (SSSR count). The molecular formula is C12H12ClN3O2. The second-order valence-corrected chi connectivity index (χ2v) is 4.13. The van der Waals surface area contributed by atoms with Crippen molar-refractivity contribution in [3.8, 4) is 0 Å². The van der Waals surface area contributed by atoms with Crippen molar-refractivity contribution in [2.45, 2.75) is 20.8 Å². The SMILES string of the molecule is C/C(=N\C(C)=C(/C)C(=O)N=O)c1cncc(Cl)c1. The van der Waals surface area contributed by atoms with E-state index < -0.39 is 5.91 Å². The van der Waals surface area contributed by atoms with Crippen LogP contribution in [0.1, 0.15) is 26.3 Å². The molecule has 1 aromatic rings. The van der Waals surface area contributed by atoms with Gasteiger partial charge in [-0.1, -0.05) is 11.6 Å². The Labute approximate surface area is 110 Å². The third-order valence-corrected chi connectivity index (χ3v) is 2.61. The first-order valence-electron chi connectivity index (χ1n) is 5.17. The number of hydrogen-bond donors (Lipinski definition) is 0. The quantitative estimate of drug-likeness (QED) is 0.479. The summed E-state index contributed by atoms with van der Waals surface area (Å²) in [5, 5.41) is 2.86. The minimum absolute atomic E-state index is 0.222. The van der Waals surface area contributed by atoms with Crippen molar-refractivity contribution in [2.24, 2.45) is 10.2 Å². The van der Waals surface area contributed by atoms with Gasteiger partial charge in [0.05, 0.1) is 5.02 Å². The number of pyridine rings is 1. The van der Waals surface area contributed by atoms with Gasteiger partial charge < -0.3 is 0 Å². The lowest BCUT2D eigenvalue weighted by molar-refractivity contribution is -0.114. The van der Waals surface area contributed by atoms with Crippen LogP contribution < -0.4 is 0 Å². The summed E-state index contributed by atoms with van der Waals surface area (Å²) >= 11 is 5.82. The zero-order valence-electron chi connectivity index (χ0n) is 10.3. The summed E-state index contributed by atoms with van der Waals surface area (Å²) in [4.78, 5) is 29.4. The molecule has 0 saturated heterocycles. The largest absolute Gasteiger partial charge is 0.314 e. The highest BCUT2D eigenvalue weighted by molar-refractivity contribution is 6.30. The molecule has 94 valence electrons. The minimum atomic E-state index is -0.812. The highest BCUT2D eigenvalue weighted by Gasteiger charge is 2.08. The number of rotatable bonds is 3. The molecule has 0 saturated carbocycles. The van der Waals surface area contributed by atoms with Crippen LogP contribution in [-0.4, -0.2) is 16.6 Å². The zero-order valence-corrected chi connectivity index (χ0v) is 11.0. The molecule has 0 radical (unpaired) electrons. The highest BCUT2D eigenvalue weighted by atomic mass is 35.5. The predicted molar refractivity (Wildman–Crippen MR) is 70.6 cm³/mol. The molecule has 1 amide bonds. The van der Waals surface area contributed by atoms with Gasteiger partial charge in [0.25, 0.3) is 0 Å². The van der Waals surface area contributed by atoms with Crippen LogP contribution in [0.5, 0.6) is 0 Å². The van der Waals surface area contributed by atoms with Crippen LogP contribution in [0, 0.1) is 4.91 Å². The molecule has 0 spiro atoms. The average molecular weight is 266 g/mol. The van der Waals surface area contributed by atoms with Gasteiger partial charge in [0.15, 0.2) is 0 Å². The maximum absolute atomic E-state index is 11.1. The number of carbonyl (C=O) groups excluding carboxylic acids is 1. The van der Waals surface area contributed by atoms with E-state index in [2.05, 4.69) is 15.2 Å². The van der Waals surface area contributed by atoms with Crippen LogP contribution in [0.15, 0.2) is 39.9 Å². The second-order valence-electron chi connectivity index (χ2n) is 3.70. The lowest BCUT2D eigenvalue weighted by atomic mass is 10.2. The lowest BCUT2D eigenvalue weighted by Gasteiger charge is -2.02. The van der Waals surface area contributed by atoms with E-state index in [1.165, 1.54) is 13.1 Å². The molecule has 5 nitrogen and oxygen atoms in total. The van der Waals surface area contributed by atoms with Gasteiger partial charge in [0.2, 0.25) is 0 Å². The number of aliphatic imine (C=N–C) groups is 1. The van der Waals surface area contributed by atoms with E-state index in [1.54, 1.807) is 26.1 Å². The van der Waals surface area contributed by atoms with E-state index >= 15 is 0 Å². The van der Waals surface area contributed by atoms with Crippen LogP contribution in [0.4, 0.5) is 0 Å². The lowest BCUT2D eigenvalue weighted by Crippen LogP contribution is -2.00. The van der Waals surface area contributed by atoms with Gasteiger partial charge in [-0.3, -0.25) is 14.8 Å². The molecule has 1 heterocycles. The molecule has 0 aliphatic heterocycles. The van der Waals surface area contributed by atoms with Crippen LogP contribution >= 0.6 is 11.6 Å². The number of carbonyl (C=O) groups is 1. The van der Waals surface area contributed by atoms with Gasteiger partial charge in [0.1, 0.15) is 0 Å². The molecule has 18 heavy (non-hydrogen) atoms. The van der Waals surface area contributed by atoms with E-state index in [4.69, 9.17) is 11.6 Å². The Morgan fingerprint density at radius 3 is 2.50 bits per heavy atom. The van der Waals surface area contributed by atoms with Crippen LogP contribution in [0.2, 0.25) is 5.02 Å². The number of aromatic nitrogens is 1. The van der Waals surface area contributed by atoms with E-state index in [9.17, 15) is 9.70 Å². The molecule has 0 N–H and O–H groups in total. The molecule has 0 bridgehead atoms. The number of amides is 1. The van der Waals surface area contributed by atoms with Crippen molar-refractivity contribution in [3.05, 3.63) is 45.2 Å². The molecule has 0 unspecified atom stereocenters. The number of nitrogens with zero attached hydrogens (tertiary/aromatic N) is 3. The summed E-state index contributed by atoms with van der Waals surface area (Å²) in [5.74, 6) is -0.812. The Morgan fingerprint density at radius 2 is 1.94 bits per heavy atom. The number of halogens is 1. The van der Waals surface area contributed by atoms with Crippen molar-refractivity contribution in [2.75, 3.05) is 0 Å². The smallest absolute Gasteiger partial charge is 0.264 e. The minimum Gasteiger partial charge on any atom is -0.264 e. The van der Waals surface area contributed by atoms with E-state index in [1.807, 2.05) is 0 Å². The summed E-state index contributed by atoms with van der Waals surface area (Å²) < 4.78 is 0. The molecule has 0 aromatic carbocycles. The number of nitroso groups, excluding NO2 is 1. The summed E-state index contributed by atoms with van der Waals surface area (Å²) in [7, 11) is 0. The molecule has 0 aliphatic carbocycles. The van der Waals surface area contributed by atoms with Crippen LogP contribution in [0.25, 0.3) is 0 Å². The van der Waals surface area contributed by atoms with Gasteiger partial charge in [-0.2, -0.15) is 0 Å². The first kappa shape index (κ1) is 14.2. The predicted octanol–water partition coefficient (Wildman–Crippen LogP) is 3.13. The Kier molecular flexibility index (Phi) is 4.85. The van der Waals surface area contributed by atoms with Crippen molar-refractivity contribution in [1.82, 2.24) is 4.98 Å². The fraction of sp³-hybridized carbons (Fsp3) is 0.250. The summed E-state index contributed by atoms with van der Waals surface area (Å²) in [6, 6.07) is 1.72. The first-order valence-corrected chi connectivity index (χ1v) is 5.55.